The Bertz CT molecular complexity index is 931. The minimum Gasteiger partial charge on any atom is -0.461 e. The predicted octanol–water partition coefficient (Wildman–Crippen LogP) is 4.99. The van der Waals surface area contributed by atoms with Crippen LogP contribution in [0.1, 0.15) is 28.5 Å². The highest BCUT2D eigenvalue weighted by Gasteiger charge is 2.18. The van der Waals surface area contributed by atoms with Gasteiger partial charge in [0, 0.05) is 16.8 Å². The van der Waals surface area contributed by atoms with E-state index >= 15 is 0 Å². The maximum absolute atomic E-state index is 12.2. The van der Waals surface area contributed by atoms with Crippen LogP contribution in [0.15, 0.2) is 48.7 Å². The normalized spacial score (nSPS) is 10.7. The Morgan fingerprint density at radius 2 is 2.00 bits per heavy atom. The van der Waals surface area contributed by atoms with E-state index in [2.05, 4.69) is 4.98 Å². The van der Waals surface area contributed by atoms with Crippen LogP contribution in [0.5, 0.6) is 0 Å². The summed E-state index contributed by atoms with van der Waals surface area (Å²) < 4.78 is 7.00. The minimum atomic E-state index is -0.435. The van der Waals surface area contributed by atoms with Gasteiger partial charge < -0.3 is 4.74 Å². The van der Waals surface area contributed by atoms with E-state index in [0.29, 0.717) is 17.5 Å². The van der Waals surface area contributed by atoms with Crippen LogP contribution < -0.4 is 0 Å². The predicted molar refractivity (Wildman–Crippen MR) is 99.4 cm³/mol. The number of aryl methyl sites for hydroxylation is 2. The van der Waals surface area contributed by atoms with Crippen LogP contribution in [0.4, 0.5) is 0 Å². The number of aromatic nitrogens is 2. The Labute approximate surface area is 152 Å². The summed E-state index contributed by atoms with van der Waals surface area (Å²) in [5.41, 5.74) is 4.23. The van der Waals surface area contributed by atoms with E-state index in [1.165, 1.54) is 0 Å². The smallest absolute Gasteiger partial charge is 0.358 e. The lowest BCUT2D eigenvalue weighted by Gasteiger charge is -2.11. The minimum absolute atomic E-state index is 0.276. The number of carbonyl (C=O) groups excluding carboxylic acids is 1. The van der Waals surface area contributed by atoms with Crippen molar-refractivity contribution in [2.45, 2.75) is 20.8 Å². The van der Waals surface area contributed by atoms with Gasteiger partial charge in [-0.15, -0.1) is 0 Å². The molecule has 0 fully saturated rings. The van der Waals surface area contributed by atoms with Crippen molar-refractivity contribution in [3.8, 4) is 17.1 Å². The fourth-order valence-electron chi connectivity index (χ4n) is 2.70. The molecule has 2 aromatic carbocycles. The first-order chi connectivity index (χ1) is 12.0. The highest BCUT2D eigenvalue weighted by molar-refractivity contribution is 6.30. The van der Waals surface area contributed by atoms with Crippen molar-refractivity contribution in [3.05, 3.63) is 70.5 Å². The quantitative estimate of drug-likeness (QED) is 0.620. The summed E-state index contributed by atoms with van der Waals surface area (Å²) in [7, 11) is 0. The first-order valence-electron chi connectivity index (χ1n) is 8.09. The number of hydrogen-bond acceptors (Lipinski definition) is 3. The fourth-order valence-corrected chi connectivity index (χ4v) is 2.86. The summed E-state index contributed by atoms with van der Waals surface area (Å²) in [6.45, 7) is 6.10. The molecule has 0 atom stereocenters. The lowest BCUT2D eigenvalue weighted by molar-refractivity contribution is 0.0520. The molecule has 1 aromatic heterocycles. The Morgan fingerprint density at radius 3 is 2.72 bits per heavy atom. The average Bonchev–Trinajstić information content (AvgIpc) is 3.02. The van der Waals surface area contributed by atoms with Crippen molar-refractivity contribution in [1.29, 1.82) is 0 Å². The highest BCUT2D eigenvalue weighted by Crippen LogP contribution is 2.27. The zero-order chi connectivity index (χ0) is 18.0. The standard InChI is InChI=1S/C20H19ClN2O2/c1-4-25-20(24)17-12-23(18-11-16(21)9-8-14(18)3)19(22-17)15-7-5-6-13(2)10-15/h5-12H,4H2,1-3H3. The average molecular weight is 355 g/mol. The van der Waals surface area contributed by atoms with Gasteiger partial charge in [0.1, 0.15) is 5.82 Å². The fraction of sp³-hybridized carbons (Fsp3) is 0.200. The molecule has 0 aliphatic heterocycles. The van der Waals surface area contributed by atoms with Crippen LogP contribution in [0.25, 0.3) is 17.1 Å². The van der Waals surface area contributed by atoms with Crippen molar-refractivity contribution >= 4 is 17.6 Å². The third kappa shape index (κ3) is 3.59. The molecule has 0 spiro atoms. The van der Waals surface area contributed by atoms with Crippen molar-refractivity contribution in [1.82, 2.24) is 9.55 Å². The summed E-state index contributed by atoms with van der Waals surface area (Å²) in [5.74, 6) is 0.243. The zero-order valence-corrected chi connectivity index (χ0v) is 15.2. The van der Waals surface area contributed by atoms with Gasteiger partial charge >= 0.3 is 5.97 Å². The SMILES string of the molecule is CCOC(=O)c1cn(-c2cc(Cl)ccc2C)c(-c2cccc(C)c2)n1. The summed E-state index contributed by atoms with van der Waals surface area (Å²) >= 11 is 6.18. The second-order valence-electron chi connectivity index (χ2n) is 5.84. The van der Waals surface area contributed by atoms with Crippen LogP contribution >= 0.6 is 11.6 Å². The number of hydrogen-bond donors (Lipinski definition) is 0. The molecule has 128 valence electrons. The molecule has 0 radical (unpaired) electrons. The molecule has 0 N–H and O–H groups in total. The number of rotatable bonds is 4. The van der Waals surface area contributed by atoms with Gasteiger partial charge in [-0.1, -0.05) is 41.4 Å². The van der Waals surface area contributed by atoms with E-state index in [4.69, 9.17) is 16.3 Å². The van der Waals surface area contributed by atoms with Gasteiger partial charge in [-0.2, -0.15) is 0 Å². The molecule has 4 nitrogen and oxygen atoms in total. The topological polar surface area (TPSA) is 44.1 Å². The summed E-state index contributed by atoms with van der Waals surface area (Å²) in [5, 5.41) is 0.627. The number of benzene rings is 2. The number of nitrogens with zero attached hydrogens (tertiary/aromatic N) is 2. The molecule has 0 bridgehead atoms. The Hall–Kier alpha value is -2.59. The molecule has 3 aromatic rings. The highest BCUT2D eigenvalue weighted by atomic mass is 35.5. The van der Waals surface area contributed by atoms with Gasteiger partial charge in [-0.3, -0.25) is 4.57 Å². The summed E-state index contributed by atoms with van der Waals surface area (Å²) in [6.07, 6.45) is 1.70. The number of halogens is 1. The zero-order valence-electron chi connectivity index (χ0n) is 14.4. The van der Waals surface area contributed by atoms with Gasteiger partial charge in [-0.05, 0) is 44.5 Å². The van der Waals surface area contributed by atoms with Crippen LogP contribution in [-0.2, 0) is 4.74 Å². The van der Waals surface area contributed by atoms with Gasteiger partial charge in [0.2, 0.25) is 0 Å². The molecular formula is C20H19ClN2O2. The first kappa shape index (κ1) is 17.2. The van der Waals surface area contributed by atoms with Crippen LogP contribution in [0, 0.1) is 13.8 Å². The number of ether oxygens (including phenoxy) is 1. The molecule has 0 aliphatic carbocycles. The molecular weight excluding hydrogens is 336 g/mol. The maximum Gasteiger partial charge on any atom is 0.358 e. The summed E-state index contributed by atoms with van der Waals surface area (Å²) in [4.78, 5) is 16.7. The largest absolute Gasteiger partial charge is 0.461 e. The second-order valence-corrected chi connectivity index (χ2v) is 6.28. The van der Waals surface area contributed by atoms with Gasteiger partial charge in [-0.25, -0.2) is 9.78 Å². The molecule has 0 aliphatic rings. The van der Waals surface area contributed by atoms with E-state index in [1.54, 1.807) is 13.1 Å². The Balaban J connectivity index is 2.21. The number of carbonyl (C=O) groups is 1. The van der Waals surface area contributed by atoms with E-state index in [0.717, 1.165) is 22.4 Å². The van der Waals surface area contributed by atoms with Gasteiger partial charge in [0.15, 0.2) is 5.69 Å². The third-order valence-corrected chi connectivity index (χ3v) is 4.13. The lowest BCUT2D eigenvalue weighted by atomic mass is 10.1. The van der Waals surface area contributed by atoms with Crippen LogP contribution in [-0.4, -0.2) is 22.1 Å². The van der Waals surface area contributed by atoms with E-state index in [-0.39, 0.29) is 5.69 Å². The van der Waals surface area contributed by atoms with E-state index < -0.39 is 5.97 Å². The monoisotopic (exact) mass is 354 g/mol. The molecule has 0 saturated carbocycles. The van der Waals surface area contributed by atoms with Gasteiger partial charge in [0.25, 0.3) is 0 Å². The third-order valence-electron chi connectivity index (χ3n) is 3.90. The van der Waals surface area contributed by atoms with Crippen molar-refractivity contribution in [3.63, 3.8) is 0 Å². The first-order valence-corrected chi connectivity index (χ1v) is 8.47. The lowest BCUT2D eigenvalue weighted by Crippen LogP contribution is -2.04. The molecule has 0 amide bonds. The van der Waals surface area contributed by atoms with Crippen LogP contribution in [0.3, 0.4) is 0 Å². The molecule has 0 saturated heterocycles. The van der Waals surface area contributed by atoms with Gasteiger partial charge in [0.05, 0.1) is 12.3 Å². The summed E-state index contributed by atoms with van der Waals surface area (Å²) in [6, 6.07) is 13.7. The van der Waals surface area contributed by atoms with Crippen molar-refractivity contribution < 1.29 is 9.53 Å². The Kier molecular flexibility index (Phi) is 4.91. The van der Waals surface area contributed by atoms with Crippen LogP contribution in [0.2, 0.25) is 5.02 Å². The molecule has 25 heavy (non-hydrogen) atoms. The maximum atomic E-state index is 12.2. The number of esters is 1. The Morgan fingerprint density at radius 1 is 1.20 bits per heavy atom. The molecule has 1 heterocycles. The number of imidazole rings is 1. The van der Waals surface area contributed by atoms with Crippen molar-refractivity contribution in [2.75, 3.05) is 6.61 Å². The van der Waals surface area contributed by atoms with Crippen molar-refractivity contribution in [2.24, 2.45) is 0 Å². The molecule has 5 heteroatoms. The molecule has 3 rings (SSSR count). The molecule has 0 unspecified atom stereocenters. The van der Waals surface area contributed by atoms with E-state index in [9.17, 15) is 4.79 Å². The second kappa shape index (κ2) is 7.11. The van der Waals surface area contributed by atoms with E-state index in [1.807, 2.05) is 60.9 Å².